The second kappa shape index (κ2) is 7.36. The number of halogens is 1. The number of carbonyl (C=O) groups is 1. The van der Waals surface area contributed by atoms with Gasteiger partial charge in [-0.15, -0.1) is 0 Å². The zero-order chi connectivity index (χ0) is 15.3. The van der Waals surface area contributed by atoms with Gasteiger partial charge in [-0.2, -0.15) is 0 Å². The smallest absolute Gasteiger partial charge is 0.320 e. The van der Waals surface area contributed by atoms with Crippen LogP contribution in [0, 0.1) is 11.7 Å². The predicted molar refractivity (Wildman–Crippen MR) is 74.8 cm³/mol. The number of rotatable bonds is 7. The van der Waals surface area contributed by atoms with Crippen LogP contribution in [0.25, 0.3) is 0 Å². The van der Waals surface area contributed by atoms with Gasteiger partial charge in [0.05, 0.1) is 6.10 Å². The predicted octanol–water partition coefficient (Wildman–Crippen LogP) is 2.34. The maximum absolute atomic E-state index is 12.9. The first-order chi connectivity index (χ1) is 9.36. The summed E-state index contributed by atoms with van der Waals surface area (Å²) in [7, 11) is 0. The molecular weight excluding hydrogens is 261 g/mol. The van der Waals surface area contributed by atoms with Gasteiger partial charge in [-0.3, -0.25) is 10.1 Å². The minimum absolute atomic E-state index is 0.0310. The molecule has 112 valence electrons. The molecule has 3 unspecified atom stereocenters. The van der Waals surface area contributed by atoms with Crippen molar-refractivity contribution in [2.75, 3.05) is 0 Å². The van der Waals surface area contributed by atoms with Gasteiger partial charge in [-0.05, 0) is 30.0 Å². The third-order valence-corrected chi connectivity index (χ3v) is 3.37. The van der Waals surface area contributed by atoms with Crippen molar-refractivity contribution in [1.29, 1.82) is 0 Å². The standard InChI is InChI=1S/C15H22FNO3/c1-4-12(15(19)20)17-13(9(2)3)14(18)10-5-7-11(16)8-6-10/h5-9,12-14,17-18H,4H2,1-3H3,(H,19,20). The van der Waals surface area contributed by atoms with E-state index in [9.17, 15) is 14.3 Å². The largest absolute Gasteiger partial charge is 0.480 e. The van der Waals surface area contributed by atoms with Crippen LogP contribution in [0.15, 0.2) is 24.3 Å². The van der Waals surface area contributed by atoms with Crippen molar-refractivity contribution in [2.45, 2.75) is 45.4 Å². The summed E-state index contributed by atoms with van der Waals surface area (Å²) >= 11 is 0. The first-order valence-corrected chi connectivity index (χ1v) is 6.79. The minimum atomic E-state index is -0.940. The summed E-state index contributed by atoms with van der Waals surface area (Å²) in [4.78, 5) is 11.1. The number of hydrogen-bond donors (Lipinski definition) is 3. The molecule has 0 aromatic heterocycles. The Hall–Kier alpha value is -1.46. The summed E-state index contributed by atoms with van der Waals surface area (Å²) in [5.41, 5.74) is 0.567. The zero-order valence-corrected chi connectivity index (χ0v) is 12.0. The van der Waals surface area contributed by atoms with Crippen molar-refractivity contribution in [3.05, 3.63) is 35.6 Å². The summed E-state index contributed by atoms with van der Waals surface area (Å²) in [6, 6.07) is 4.46. The molecule has 0 aliphatic carbocycles. The molecule has 0 saturated carbocycles. The van der Waals surface area contributed by atoms with Crippen LogP contribution in [0.4, 0.5) is 4.39 Å². The lowest BCUT2D eigenvalue weighted by Gasteiger charge is -2.30. The minimum Gasteiger partial charge on any atom is -0.480 e. The first-order valence-electron chi connectivity index (χ1n) is 6.79. The Balaban J connectivity index is 2.89. The van der Waals surface area contributed by atoms with Crippen LogP contribution in [0.3, 0.4) is 0 Å². The van der Waals surface area contributed by atoms with Crippen molar-refractivity contribution in [1.82, 2.24) is 5.32 Å². The molecule has 0 spiro atoms. The van der Waals surface area contributed by atoms with E-state index in [-0.39, 0.29) is 11.7 Å². The number of benzene rings is 1. The highest BCUT2D eigenvalue weighted by Crippen LogP contribution is 2.23. The third kappa shape index (κ3) is 4.28. The topological polar surface area (TPSA) is 69.6 Å². The molecule has 0 aliphatic rings. The average Bonchev–Trinajstić information content (AvgIpc) is 2.39. The number of aliphatic hydroxyl groups is 1. The molecular formula is C15H22FNO3. The van der Waals surface area contributed by atoms with Crippen molar-refractivity contribution >= 4 is 5.97 Å². The molecule has 0 bridgehead atoms. The molecule has 0 radical (unpaired) electrons. The second-order valence-corrected chi connectivity index (χ2v) is 5.23. The Kier molecular flexibility index (Phi) is 6.10. The van der Waals surface area contributed by atoms with Crippen LogP contribution in [0.5, 0.6) is 0 Å². The molecule has 0 heterocycles. The van der Waals surface area contributed by atoms with E-state index in [1.165, 1.54) is 24.3 Å². The van der Waals surface area contributed by atoms with Gasteiger partial charge in [0.25, 0.3) is 0 Å². The number of carboxylic acid groups (broad SMARTS) is 1. The third-order valence-electron chi connectivity index (χ3n) is 3.37. The van der Waals surface area contributed by atoms with Crippen LogP contribution >= 0.6 is 0 Å². The highest BCUT2D eigenvalue weighted by Gasteiger charge is 2.28. The Morgan fingerprint density at radius 2 is 1.85 bits per heavy atom. The number of carboxylic acids is 1. The molecule has 1 aromatic rings. The molecule has 0 aliphatic heterocycles. The first kappa shape index (κ1) is 16.6. The van der Waals surface area contributed by atoms with Crippen molar-refractivity contribution in [2.24, 2.45) is 5.92 Å². The normalized spacial score (nSPS) is 15.9. The maximum atomic E-state index is 12.9. The van der Waals surface area contributed by atoms with Gasteiger partial charge in [0.1, 0.15) is 11.9 Å². The monoisotopic (exact) mass is 283 g/mol. The van der Waals surface area contributed by atoms with E-state index in [0.29, 0.717) is 12.0 Å². The number of aliphatic hydroxyl groups excluding tert-OH is 1. The number of hydrogen-bond acceptors (Lipinski definition) is 3. The van der Waals surface area contributed by atoms with E-state index in [2.05, 4.69) is 5.32 Å². The Morgan fingerprint density at radius 1 is 1.30 bits per heavy atom. The van der Waals surface area contributed by atoms with Gasteiger partial charge in [-0.1, -0.05) is 32.9 Å². The molecule has 4 nitrogen and oxygen atoms in total. The van der Waals surface area contributed by atoms with Gasteiger partial charge >= 0.3 is 5.97 Å². The lowest BCUT2D eigenvalue weighted by atomic mass is 9.92. The van der Waals surface area contributed by atoms with Gasteiger partial charge in [-0.25, -0.2) is 4.39 Å². The fraction of sp³-hybridized carbons (Fsp3) is 0.533. The molecule has 20 heavy (non-hydrogen) atoms. The van der Waals surface area contributed by atoms with E-state index < -0.39 is 24.2 Å². The van der Waals surface area contributed by atoms with Crippen molar-refractivity contribution in [3.8, 4) is 0 Å². The van der Waals surface area contributed by atoms with Gasteiger partial charge in [0.2, 0.25) is 0 Å². The van der Waals surface area contributed by atoms with Gasteiger partial charge in [0, 0.05) is 6.04 Å². The van der Waals surface area contributed by atoms with E-state index in [4.69, 9.17) is 5.11 Å². The quantitative estimate of drug-likeness (QED) is 0.718. The van der Waals surface area contributed by atoms with Crippen molar-refractivity contribution in [3.63, 3.8) is 0 Å². The van der Waals surface area contributed by atoms with E-state index >= 15 is 0 Å². The van der Waals surface area contributed by atoms with Gasteiger partial charge in [0.15, 0.2) is 0 Å². The average molecular weight is 283 g/mol. The van der Waals surface area contributed by atoms with Crippen LogP contribution in [-0.2, 0) is 4.79 Å². The van der Waals surface area contributed by atoms with Gasteiger partial charge < -0.3 is 10.2 Å². The summed E-state index contributed by atoms with van der Waals surface area (Å²) in [6.45, 7) is 5.57. The lowest BCUT2D eigenvalue weighted by molar-refractivity contribution is -0.140. The number of aliphatic carboxylic acids is 1. The van der Waals surface area contributed by atoms with Crippen LogP contribution in [0.2, 0.25) is 0 Å². The zero-order valence-electron chi connectivity index (χ0n) is 12.0. The van der Waals surface area contributed by atoms with E-state index in [1.807, 2.05) is 13.8 Å². The number of nitrogens with one attached hydrogen (secondary N) is 1. The molecule has 1 rings (SSSR count). The maximum Gasteiger partial charge on any atom is 0.320 e. The van der Waals surface area contributed by atoms with Crippen LogP contribution in [0.1, 0.15) is 38.9 Å². The second-order valence-electron chi connectivity index (χ2n) is 5.23. The fourth-order valence-electron chi connectivity index (χ4n) is 2.11. The Labute approximate surface area is 118 Å². The van der Waals surface area contributed by atoms with Crippen molar-refractivity contribution < 1.29 is 19.4 Å². The summed E-state index contributed by atoms with van der Waals surface area (Å²) in [6.07, 6.45) is -0.460. The Morgan fingerprint density at radius 3 is 2.25 bits per heavy atom. The van der Waals surface area contributed by atoms with Crippen LogP contribution in [-0.4, -0.2) is 28.3 Å². The highest BCUT2D eigenvalue weighted by atomic mass is 19.1. The van der Waals surface area contributed by atoms with E-state index in [1.54, 1.807) is 6.92 Å². The lowest BCUT2D eigenvalue weighted by Crippen LogP contribution is -2.48. The fourth-order valence-corrected chi connectivity index (χ4v) is 2.11. The molecule has 0 fully saturated rings. The molecule has 0 saturated heterocycles. The summed E-state index contributed by atoms with van der Waals surface area (Å²) in [5, 5.41) is 22.5. The summed E-state index contributed by atoms with van der Waals surface area (Å²) < 4.78 is 12.9. The molecule has 3 atom stereocenters. The molecule has 0 amide bonds. The summed E-state index contributed by atoms with van der Waals surface area (Å²) in [5.74, 6) is -1.28. The van der Waals surface area contributed by atoms with E-state index in [0.717, 1.165) is 0 Å². The SMILES string of the molecule is CCC(NC(C(C)C)C(O)c1ccc(F)cc1)C(=O)O. The molecule has 5 heteroatoms. The Bertz CT molecular complexity index is 433. The molecule has 3 N–H and O–H groups in total. The highest BCUT2D eigenvalue weighted by molar-refractivity contribution is 5.73. The van der Waals surface area contributed by atoms with Crippen LogP contribution < -0.4 is 5.32 Å². The molecule has 1 aromatic carbocycles.